The maximum Gasteiger partial charge on any atom is 0.277 e. The average Bonchev–Trinajstić information content (AvgIpc) is 2.76. The Morgan fingerprint density at radius 1 is 1.35 bits per heavy atom. The summed E-state index contributed by atoms with van der Waals surface area (Å²) in [6, 6.07) is 0. The highest BCUT2D eigenvalue weighted by atomic mass is 35.5. The van der Waals surface area contributed by atoms with E-state index in [0.717, 1.165) is 6.42 Å². The molecule has 6 heteroatoms. The highest BCUT2D eigenvalue weighted by Gasteiger charge is 2.27. The molecule has 1 amide bonds. The molecular formula is C11H21ClF2N2O. The normalized spacial score (nSPS) is 16.6. The van der Waals surface area contributed by atoms with Gasteiger partial charge in [0.05, 0.1) is 13.1 Å². The number of amides is 1. The number of nitrogens with one attached hydrogen (secondary N) is 1. The summed E-state index contributed by atoms with van der Waals surface area (Å²) in [6.45, 7) is -1.37. The molecule has 0 atom stereocenters. The number of hydrogen-bond acceptors (Lipinski definition) is 2. The number of alkyl halides is 2. The summed E-state index contributed by atoms with van der Waals surface area (Å²) in [5.41, 5.74) is 4.86. The fourth-order valence-electron chi connectivity index (χ4n) is 2.02. The van der Waals surface area contributed by atoms with Gasteiger partial charge in [-0.05, 0) is 12.3 Å². The maximum absolute atomic E-state index is 12.7. The van der Waals surface area contributed by atoms with Crippen molar-refractivity contribution in [1.29, 1.82) is 0 Å². The van der Waals surface area contributed by atoms with Gasteiger partial charge in [-0.2, -0.15) is 0 Å². The van der Waals surface area contributed by atoms with Gasteiger partial charge in [-0.3, -0.25) is 4.79 Å². The molecule has 1 aliphatic rings. The minimum atomic E-state index is -2.98. The standard InChI is InChI=1S/C11H20F2N2O.ClH/c12-11(13,7-14)8-15-10(16)6-5-9-3-1-2-4-9;/h9H,1-8,14H2,(H,15,16);1H. The Kier molecular flexibility index (Phi) is 7.63. The monoisotopic (exact) mass is 270 g/mol. The van der Waals surface area contributed by atoms with Gasteiger partial charge in [-0.1, -0.05) is 25.7 Å². The van der Waals surface area contributed by atoms with Gasteiger partial charge in [-0.25, -0.2) is 8.78 Å². The number of rotatable bonds is 6. The Morgan fingerprint density at radius 2 is 1.94 bits per heavy atom. The molecule has 0 bridgehead atoms. The number of hydrogen-bond donors (Lipinski definition) is 2. The molecule has 0 aromatic carbocycles. The summed E-state index contributed by atoms with van der Waals surface area (Å²) < 4.78 is 25.4. The van der Waals surface area contributed by atoms with Crippen LogP contribution in [0.2, 0.25) is 0 Å². The average molecular weight is 271 g/mol. The van der Waals surface area contributed by atoms with Gasteiger partial charge in [0.25, 0.3) is 5.92 Å². The SMILES string of the molecule is Cl.NCC(F)(F)CNC(=O)CCC1CCCC1. The first-order chi connectivity index (χ1) is 7.53. The fourth-order valence-corrected chi connectivity index (χ4v) is 2.02. The van der Waals surface area contributed by atoms with Crippen LogP contribution in [-0.2, 0) is 4.79 Å². The zero-order valence-corrected chi connectivity index (χ0v) is 10.7. The molecule has 1 rings (SSSR count). The van der Waals surface area contributed by atoms with Gasteiger partial charge >= 0.3 is 0 Å². The molecule has 1 saturated carbocycles. The third-order valence-corrected chi connectivity index (χ3v) is 3.10. The van der Waals surface area contributed by atoms with E-state index < -0.39 is 19.0 Å². The molecule has 1 aliphatic carbocycles. The van der Waals surface area contributed by atoms with Gasteiger partial charge < -0.3 is 11.1 Å². The minimum absolute atomic E-state index is 0. The van der Waals surface area contributed by atoms with Crippen molar-refractivity contribution >= 4 is 18.3 Å². The van der Waals surface area contributed by atoms with Crippen LogP contribution in [0.5, 0.6) is 0 Å². The van der Waals surface area contributed by atoms with Crippen LogP contribution in [0.1, 0.15) is 38.5 Å². The number of carbonyl (C=O) groups excluding carboxylic acids is 1. The third-order valence-electron chi connectivity index (χ3n) is 3.10. The van der Waals surface area contributed by atoms with E-state index in [1.165, 1.54) is 25.7 Å². The van der Waals surface area contributed by atoms with Crippen LogP contribution in [0.25, 0.3) is 0 Å². The topological polar surface area (TPSA) is 55.1 Å². The Balaban J connectivity index is 0.00000256. The summed E-state index contributed by atoms with van der Waals surface area (Å²) in [6.07, 6.45) is 5.99. The van der Waals surface area contributed by atoms with Crippen LogP contribution in [0.4, 0.5) is 8.78 Å². The molecule has 17 heavy (non-hydrogen) atoms. The van der Waals surface area contributed by atoms with Gasteiger partial charge in [-0.15, -0.1) is 12.4 Å². The lowest BCUT2D eigenvalue weighted by molar-refractivity contribution is -0.123. The van der Waals surface area contributed by atoms with E-state index in [9.17, 15) is 13.6 Å². The molecular weight excluding hydrogens is 250 g/mol. The maximum atomic E-state index is 12.7. The van der Waals surface area contributed by atoms with E-state index in [1.54, 1.807) is 0 Å². The van der Waals surface area contributed by atoms with E-state index in [1.807, 2.05) is 0 Å². The molecule has 0 aromatic heterocycles. The minimum Gasteiger partial charge on any atom is -0.350 e. The lowest BCUT2D eigenvalue weighted by Crippen LogP contribution is -2.41. The molecule has 0 aliphatic heterocycles. The zero-order chi connectivity index (χ0) is 12.0. The second-order valence-corrected chi connectivity index (χ2v) is 4.53. The van der Waals surface area contributed by atoms with E-state index in [4.69, 9.17) is 5.73 Å². The van der Waals surface area contributed by atoms with Crippen LogP contribution < -0.4 is 11.1 Å². The van der Waals surface area contributed by atoms with Crippen molar-refractivity contribution in [2.45, 2.75) is 44.4 Å². The third kappa shape index (κ3) is 6.78. The Hall–Kier alpha value is -0.420. The zero-order valence-electron chi connectivity index (χ0n) is 9.88. The lowest BCUT2D eigenvalue weighted by atomic mass is 10.0. The van der Waals surface area contributed by atoms with Crippen LogP contribution in [0.15, 0.2) is 0 Å². The highest BCUT2D eigenvalue weighted by Crippen LogP contribution is 2.28. The van der Waals surface area contributed by atoms with E-state index >= 15 is 0 Å². The van der Waals surface area contributed by atoms with Crippen molar-refractivity contribution in [2.24, 2.45) is 11.7 Å². The molecule has 0 aromatic rings. The van der Waals surface area contributed by atoms with E-state index in [-0.39, 0.29) is 18.3 Å². The number of nitrogens with two attached hydrogens (primary N) is 1. The van der Waals surface area contributed by atoms with Crippen LogP contribution in [0, 0.1) is 5.92 Å². The summed E-state index contributed by atoms with van der Waals surface area (Å²) >= 11 is 0. The summed E-state index contributed by atoms with van der Waals surface area (Å²) in [7, 11) is 0. The Labute approximate surface area is 107 Å². The smallest absolute Gasteiger partial charge is 0.277 e. The second kappa shape index (κ2) is 7.82. The highest BCUT2D eigenvalue weighted by molar-refractivity contribution is 5.85. The largest absolute Gasteiger partial charge is 0.350 e. The summed E-state index contributed by atoms with van der Waals surface area (Å²) in [5, 5.41) is 2.23. The first-order valence-corrected chi connectivity index (χ1v) is 5.88. The number of carbonyl (C=O) groups is 1. The predicted octanol–water partition coefficient (Wildman–Crippen LogP) is 2.09. The first-order valence-electron chi connectivity index (χ1n) is 5.88. The van der Waals surface area contributed by atoms with Crippen LogP contribution >= 0.6 is 12.4 Å². The van der Waals surface area contributed by atoms with Gasteiger partial charge in [0, 0.05) is 6.42 Å². The van der Waals surface area contributed by atoms with Crippen molar-refractivity contribution in [1.82, 2.24) is 5.32 Å². The molecule has 0 radical (unpaired) electrons. The second-order valence-electron chi connectivity index (χ2n) is 4.53. The van der Waals surface area contributed by atoms with E-state index in [2.05, 4.69) is 5.32 Å². The van der Waals surface area contributed by atoms with Crippen molar-refractivity contribution < 1.29 is 13.6 Å². The Bertz CT molecular complexity index is 234. The lowest BCUT2D eigenvalue weighted by Gasteiger charge is -2.15. The van der Waals surface area contributed by atoms with Gasteiger partial charge in [0.2, 0.25) is 5.91 Å². The van der Waals surface area contributed by atoms with Crippen LogP contribution in [0.3, 0.4) is 0 Å². The van der Waals surface area contributed by atoms with Crippen molar-refractivity contribution in [3.05, 3.63) is 0 Å². The quantitative estimate of drug-likeness (QED) is 0.776. The van der Waals surface area contributed by atoms with E-state index in [0.29, 0.717) is 12.3 Å². The van der Waals surface area contributed by atoms with Crippen molar-refractivity contribution in [2.75, 3.05) is 13.1 Å². The van der Waals surface area contributed by atoms with Gasteiger partial charge in [0.1, 0.15) is 0 Å². The Morgan fingerprint density at radius 3 is 2.47 bits per heavy atom. The molecule has 102 valence electrons. The van der Waals surface area contributed by atoms with Crippen molar-refractivity contribution in [3.63, 3.8) is 0 Å². The molecule has 0 heterocycles. The summed E-state index contributed by atoms with van der Waals surface area (Å²) in [4.78, 5) is 11.3. The number of halogens is 3. The van der Waals surface area contributed by atoms with Gasteiger partial charge in [0.15, 0.2) is 0 Å². The summed E-state index contributed by atoms with van der Waals surface area (Å²) in [5.74, 6) is -2.66. The molecule has 0 unspecified atom stereocenters. The molecule has 0 spiro atoms. The molecule has 3 N–H and O–H groups in total. The molecule has 3 nitrogen and oxygen atoms in total. The van der Waals surface area contributed by atoms with Crippen LogP contribution in [-0.4, -0.2) is 24.9 Å². The molecule has 1 fully saturated rings. The van der Waals surface area contributed by atoms with Crippen molar-refractivity contribution in [3.8, 4) is 0 Å². The predicted molar refractivity (Wildman–Crippen MR) is 65.5 cm³/mol. The fraction of sp³-hybridized carbons (Fsp3) is 0.909. The first kappa shape index (κ1) is 16.6. The molecule has 0 saturated heterocycles.